The summed E-state index contributed by atoms with van der Waals surface area (Å²) in [6, 6.07) is 17.0. The van der Waals surface area contributed by atoms with Crippen LogP contribution >= 0.6 is 0 Å². The molecule has 2 aromatic carbocycles. The number of amides is 2. The van der Waals surface area contributed by atoms with E-state index in [1.807, 2.05) is 54.6 Å². The van der Waals surface area contributed by atoms with Gasteiger partial charge < -0.3 is 20.1 Å². The SMILES string of the molecule is O=C(NCc1ccccc1)Nc1ccc(C2OCCO2)cc1. The number of hydrogen-bond acceptors (Lipinski definition) is 3. The first kappa shape index (κ1) is 14.6. The summed E-state index contributed by atoms with van der Waals surface area (Å²) in [5, 5.41) is 5.62. The van der Waals surface area contributed by atoms with Crippen molar-refractivity contribution in [3.63, 3.8) is 0 Å². The predicted molar refractivity (Wildman–Crippen MR) is 83.4 cm³/mol. The number of ether oxygens (including phenoxy) is 2. The van der Waals surface area contributed by atoms with Crippen LogP contribution in [0.5, 0.6) is 0 Å². The van der Waals surface area contributed by atoms with E-state index < -0.39 is 0 Å². The number of hydrogen-bond donors (Lipinski definition) is 2. The fourth-order valence-electron chi connectivity index (χ4n) is 2.23. The molecule has 5 nitrogen and oxygen atoms in total. The average Bonchev–Trinajstić information content (AvgIpc) is 3.09. The Morgan fingerprint density at radius 2 is 1.68 bits per heavy atom. The molecule has 0 radical (unpaired) electrons. The van der Waals surface area contributed by atoms with E-state index in [4.69, 9.17) is 9.47 Å². The van der Waals surface area contributed by atoms with Crippen LogP contribution in [0.1, 0.15) is 17.4 Å². The molecule has 0 unspecified atom stereocenters. The molecule has 0 spiro atoms. The lowest BCUT2D eigenvalue weighted by Gasteiger charge is -2.11. The molecule has 2 aromatic rings. The van der Waals surface area contributed by atoms with Crippen LogP contribution < -0.4 is 10.6 Å². The highest BCUT2D eigenvalue weighted by Gasteiger charge is 2.17. The molecule has 1 fully saturated rings. The molecule has 5 heteroatoms. The summed E-state index contributed by atoms with van der Waals surface area (Å²) >= 11 is 0. The number of urea groups is 1. The highest BCUT2D eigenvalue weighted by molar-refractivity contribution is 5.89. The van der Waals surface area contributed by atoms with Gasteiger partial charge in [-0.3, -0.25) is 0 Å². The van der Waals surface area contributed by atoms with E-state index in [2.05, 4.69) is 10.6 Å². The number of carbonyl (C=O) groups is 1. The minimum absolute atomic E-state index is 0.232. The van der Waals surface area contributed by atoms with Crippen LogP contribution in [0.3, 0.4) is 0 Å². The third kappa shape index (κ3) is 3.84. The molecular weight excluding hydrogens is 280 g/mol. The summed E-state index contributed by atoms with van der Waals surface area (Å²) < 4.78 is 10.9. The van der Waals surface area contributed by atoms with Crippen LogP contribution in [0.2, 0.25) is 0 Å². The number of carbonyl (C=O) groups excluding carboxylic acids is 1. The molecule has 0 saturated carbocycles. The minimum Gasteiger partial charge on any atom is -0.346 e. The van der Waals surface area contributed by atoms with E-state index in [-0.39, 0.29) is 12.3 Å². The van der Waals surface area contributed by atoms with Crippen LogP contribution in [0.15, 0.2) is 54.6 Å². The Bertz CT molecular complexity index is 608. The molecule has 0 aliphatic carbocycles. The number of benzene rings is 2. The van der Waals surface area contributed by atoms with Crippen molar-refractivity contribution in [3.8, 4) is 0 Å². The zero-order valence-electron chi connectivity index (χ0n) is 12.1. The van der Waals surface area contributed by atoms with Gasteiger partial charge in [-0.25, -0.2) is 4.79 Å². The molecule has 0 aromatic heterocycles. The molecule has 1 heterocycles. The summed E-state index contributed by atoms with van der Waals surface area (Å²) in [4.78, 5) is 11.9. The fraction of sp³-hybridized carbons (Fsp3) is 0.235. The first-order valence-corrected chi connectivity index (χ1v) is 7.23. The number of nitrogens with one attached hydrogen (secondary N) is 2. The fourth-order valence-corrected chi connectivity index (χ4v) is 2.23. The zero-order chi connectivity index (χ0) is 15.2. The normalized spacial score (nSPS) is 14.7. The quantitative estimate of drug-likeness (QED) is 0.912. The van der Waals surface area contributed by atoms with Crippen molar-refractivity contribution in [2.45, 2.75) is 12.8 Å². The summed E-state index contributed by atoms with van der Waals surface area (Å²) in [7, 11) is 0. The van der Waals surface area contributed by atoms with Gasteiger partial charge in [0.25, 0.3) is 0 Å². The average molecular weight is 298 g/mol. The molecule has 1 aliphatic heterocycles. The summed E-state index contributed by atoms with van der Waals surface area (Å²) in [6.07, 6.45) is -0.291. The summed E-state index contributed by atoms with van der Waals surface area (Å²) in [6.45, 7) is 1.73. The third-order valence-corrected chi connectivity index (χ3v) is 3.36. The summed E-state index contributed by atoms with van der Waals surface area (Å²) in [5.41, 5.74) is 2.74. The largest absolute Gasteiger partial charge is 0.346 e. The molecule has 2 N–H and O–H groups in total. The van der Waals surface area contributed by atoms with Crippen molar-refractivity contribution in [1.29, 1.82) is 0 Å². The van der Waals surface area contributed by atoms with Crippen molar-refractivity contribution in [1.82, 2.24) is 5.32 Å². The van der Waals surface area contributed by atoms with Gasteiger partial charge in [0.15, 0.2) is 6.29 Å². The van der Waals surface area contributed by atoms with Gasteiger partial charge in [0, 0.05) is 17.8 Å². The van der Waals surface area contributed by atoms with Gasteiger partial charge in [-0.2, -0.15) is 0 Å². The standard InChI is InChI=1S/C17H18N2O3/c20-17(18-12-13-4-2-1-3-5-13)19-15-8-6-14(7-9-15)16-21-10-11-22-16/h1-9,16H,10-12H2,(H2,18,19,20). The van der Waals surface area contributed by atoms with Crippen LogP contribution in [-0.4, -0.2) is 19.2 Å². The van der Waals surface area contributed by atoms with Crippen LogP contribution in [0.25, 0.3) is 0 Å². The van der Waals surface area contributed by atoms with E-state index in [0.29, 0.717) is 19.8 Å². The third-order valence-electron chi connectivity index (χ3n) is 3.36. The Balaban J connectivity index is 1.50. The van der Waals surface area contributed by atoms with E-state index >= 15 is 0 Å². The van der Waals surface area contributed by atoms with E-state index in [1.165, 1.54) is 0 Å². The van der Waals surface area contributed by atoms with Crippen molar-refractivity contribution >= 4 is 11.7 Å². The van der Waals surface area contributed by atoms with Crippen molar-refractivity contribution < 1.29 is 14.3 Å². The van der Waals surface area contributed by atoms with Crippen LogP contribution in [0, 0.1) is 0 Å². The molecule has 1 saturated heterocycles. The Hall–Kier alpha value is -2.37. The molecule has 0 bridgehead atoms. The Kier molecular flexibility index (Phi) is 4.68. The van der Waals surface area contributed by atoms with Gasteiger partial charge in [0.1, 0.15) is 0 Å². The molecule has 22 heavy (non-hydrogen) atoms. The monoisotopic (exact) mass is 298 g/mol. The molecule has 0 atom stereocenters. The second-order valence-corrected chi connectivity index (χ2v) is 4.99. The van der Waals surface area contributed by atoms with E-state index in [9.17, 15) is 4.79 Å². The molecular formula is C17H18N2O3. The zero-order valence-corrected chi connectivity index (χ0v) is 12.1. The molecule has 1 aliphatic rings. The minimum atomic E-state index is -0.291. The molecule has 114 valence electrons. The summed E-state index contributed by atoms with van der Waals surface area (Å²) in [5.74, 6) is 0. The number of anilines is 1. The van der Waals surface area contributed by atoms with Gasteiger partial charge >= 0.3 is 6.03 Å². The molecule has 3 rings (SSSR count). The maximum Gasteiger partial charge on any atom is 0.319 e. The van der Waals surface area contributed by atoms with E-state index in [0.717, 1.165) is 16.8 Å². The highest BCUT2D eigenvalue weighted by atomic mass is 16.7. The van der Waals surface area contributed by atoms with Gasteiger partial charge in [0.2, 0.25) is 0 Å². The lowest BCUT2D eigenvalue weighted by molar-refractivity contribution is -0.0441. The molecule has 2 amide bonds. The number of rotatable bonds is 4. The van der Waals surface area contributed by atoms with Gasteiger partial charge in [0.05, 0.1) is 13.2 Å². The van der Waals surface area contributed by atoms with Gasteiger partial charge in [-0.15, -0.1) is 0 Å². The Labute approximate surface area is 129 Å². The first-order valence-electron chi connectivity index (χ1n) is 7.23. The maximum atomic E-state index is 11.9. The van der Waals surface area contributed by atoms with Crippen molar-refractivity contribution in [2.24, 2.45) is 0 Å². The highest BCUT2D eigenvalue weighted by Crippen LogP contribution is 2.24. The van der Waals surface area contributed by atoms with Crippen molar-refractivity contribution in [2.75, 3.05) is 18.5 Å². The van der Waals surface area contributed by atoms with Gasteiger partial charge in [-0.05, 0) is 17.7 Å². The lowest BCUT2D eigenvalue weighted by Crippen LogP contribution is -2.28. The Morgan fingerprint density at radius 3 is 2.36 bits per heavy atom. The van der Waals surface area contributed by atoms with E-state index in [1.54, 1.807) is 0 Å². The Morgan fingerprint density at radius 1 is 1.00 bits per heavy atom. The lowest BCUT2D eigenvalue weighted by atomic mass is 10.2. The van der Waals surface area contributed by atoms with Crippen LogP contribution in [-0.2, 0) is 16.0 Å². The topological polar surface area (TPSA) is 59.6 Å². The first-order chi connectivity index (χ1) is 10.8. The van der Waals surface area contributed by atoms with Crippen molar-refractivity contribution in [3.05, 3.63) is 65.7 Å². The van der Waals surface area contributed by atoms with Gasteiger partial charge in [-0.1, -0.05) is 42.5 Å². The smallest absolute Gasteiger partial charge is 0.319 e. The second-order valence-electron chi connectivity index (χ2n) is 4.99. The second kappa shape index (κ2) is 7.06. The maximum absolute atomic E-state index is 11.9. The van der Waals surface area contributed by atoms with Crippen LogP contribution in [0.4, 0.5) is 10.5 Å². The predicted octanol–water partition coefficient (Wildman–Crippen LogP) is 3.05.